The maximum Gasteiger partial charge on any atom is 0.132 e. The maximum absolute atomic E-state index is 14.2. The molecule has 0 fully saturated rings. The van der Waals surface area contributed by atoms with Crippen LogP contribution in [-0.2, 0) is 0 Å². The molecule has 0 saturated carbocycles. The van der Waals surface area contributed by atoms with Gasteiger partial charge in [-0.3, -0.25) is 9.98 Å². The largest absolute Gasteiger partial charge is 0.342 e. The van der Waals surface area contributed by atoms with Crippen LogP contribution in [0.3, 0.4) is 0 Å². The van der Waals surface area contributed by atoms with Crippen molar-refractivity contribution in [2.24, 2.45) is 9.98 Å². The fourth-order valence-electron chi connectivity index (χ4n) is 2.37. The summed E-state index contributed by atoms with van der Waals surface area (Å²) in [6, 6.07) is 11.9. The van der Waals surface area contributed by atoms with E-state index in [0.29, 0.717) is 22.1 Å². The molecule has 1 heterocycles. The van der Waals surface area contributed by atoms with Crippen LogP contribution in [0.1, 0.15) is 11.1 Å². The van der Waals surface area contributed by atoms with Crippen molar-refractivity contribution in [3.05, 3.63) is 64.4 Å². The van der Waals surface area contributed by atoms with Crippen LogP contribution in [0.25, 0.3) is 0 Å². The van der Waals surface area contributed by atoms with E-state index in [1.807, 2.05) is 6.07 Å². The normalized spacial score (nSPS) is 15.2. The Morgan fingerprint density at radius 1 is 1.26 bits per heavy atom. The fourth-order valence-corrected chi connectivity index (χ4v) is 2.54. The van der Waals surface area contributed by atoms with Crippen molar-refractivity contribution in [3.8, 4) is 12.3 Å². The highest BCUT2D eigenvalue weighted by Gasteiger charge is 2.19. The predicted octanol–water partition coefficient (Wildman–Crippen LogP) is 3.77. The second kappa shape index (κ2) is 6.64. The number of nitrogens with one attached hydrogen (secondary N) is 1. The van der Waals surface area contributed by atoms with Crippen molar-refractivity contribution < 1.29 is 4.39 Å². The van der Waals surface area contributed by atoms with E-state index >= 15 is 0 Å². The number of hydrogen-bond donors (Lipinski definition) is 1. The Hall–Kier alpha value is -2.64. The Kier molecular flexibility index (Phi) is 4.40. The lowest BCUT2D eigenvalue weighted by Crippen LogP contribution is -2.15. The van der Waals surface area contributed by atoms with Gasteiger partial charge < -0.3 is 5.32 Å². The molecule has 1 aliphatic heterocycles. The monoisotopic (exact) mass is 325 g/mol. The molecule has 1 aliphatic rings. The molecule has 2 aromatic carbocycles. The number of terminal acetylenes is 1. The molecule has 0 amide bonds. The van der Waals surface area contributed by atoms with Gasteiger partial charge in [0.2, 0.25) is 0 Å². The summed E-state index contributed by atoms with van der Waals surface area (Å²) in [4.78, 5) is 8.80. The molecular weight excluding hydrogens is 313 g/mol. The standard InChI is InChI=1S/C18H13ClFN3/c1-2-9-21-17-11-22-18(13-5-3-4-6-15(13)20)14-10-12(19)7-8-16(14)23-17/h1,3-8,10H,9,11H2,(H,21,23). The van der Waals surface area contributed by atoms with Gasteiger partial charge in [-0.2, -0.15) is 0 Å². The van der Waals surface area contributed by atoms with Gasteiger partial charge in [-0.1, -0.05) is 29.7 Å². The van der Waals surface area contributed by atoms with Crippen LogP contribution in [0, 0.1) is 18.2 Å². The van der Waals surface area contributed by atoms with Gasteiger partial charge in [-0.25, -0.2) is 4.39 Å². The van der Waals surface area contributed by atoms with E-state index in [4.69, 9.17) is 18.0 Å². The smallest absolute Gasteiger partial charge is 0.132 e. The average molecular weight is 326 g/mol. The summed E-state index contributed by atoms with van der Waals surface area (Å²) in [5.41, 5.74) is 2.47. The molecule has 0 bridgehead atoms. The van der Waals surface area contributed by atoms with Gasteiger partial charge in [-0.05, 0) is 30.3 Å². The first-order valence-corrected chi connectivity index (χ1v) is 7.40. The molecule has 3 rings (SSSR count). The fraction of sp³-hybridized carbons (Fsp3) is 0.111. The van der Waals surface area contributed by atoms with Crippen LogP contribution in [0.15, 0.2) is 52.4 Å². The number of aliphatic imine (C=N–C) groups is 2. The number of anilines is 1. The van der Waals surface area contributed by atoms with Crippen LogP contribution in [0.4, 0.5) is 10.1 Å². The molecule has 23 heavy (non-hydrogen) atoms. The molecule has 0 spiro atoms. The molecule has 2 aromatic rings. The van der Waals surface area contributed by atoms with E-state index in [9.17, 15) is 4.39 Å². The highest BCUT2D eigenvalue weighted by Crippen LogP contribution is 2.27. The van der Waals surface area contributed by atoms with E-state index in [1.165, 1.54) is 6.07 Å². The van der Waals surface area contributed by atoms with Crippen molar-refractivity contribution in [3.63, 3.8) is 0 Å². The van der Waals surface area contributed by atoms with Gasteiger partial charge in [0.15, 0.2) is 0 Å². The molecule has 0 radical (unpaired) electrons. The minimum absolute atomic E-state index is 0.260. The predicted molar refractivity (Wildman–Crippen MR) is 93.1 cm³/mol. The van der Waals surface area contributed by atoms with Crippen molar-refractivity contribution in [2.45, 2.75) is 0 Å². The highest BCUT2D eigenvalue weighted by molar-refractivity contribution is 6.32. The van der Waals surface area contributed by atoms with Crippen molar-refractivity contribution in [1.82, 2.24) is 0 Å². The molecule has 114 valence electrons. The Labute approximate surface area is 138 Å². The lowest BCUT2D eigenvalue weighted by atomic mass is 10.00. The number of rotatable bonds is 2. The van der Waals surface area contributed by atoms with Crippen molar-refractivity contribution >= 4 is 28.8 Å². The third-order valence-electron chi connectivity index (χ3n) is 3.39. The molecule has 1 N–H and O–H groups in total. The first kappa shape index (κ1) is 15.3. The molecule has 3 nitrogen and oxygen atoms in total. The summed E-state index contributed by atoms with van der Waals surface area (Å²) in [5, 5.41) is 3.75. The second-order valence-electron chi connectivity index (χ2n) is 4.93. The number of amidine groups is 1. The van der Waals surface area contributed by atoms with Gasteiger partial charge in [-0.15, -0.1) is 6.42 Å². The lowest BCUT2D eigenvalue weighted by Gasteiger charge is -2.11. The molecule has 0 aliphatic carbocycles. The Morgan fingerprint density at radius 2 is 2.09 bits per heavy atom. The molecule has 0 saturated heterocycles. The number of hydrogen-bond acceptors (Lipinski definition) is 2. The second-order valence-corrected chi connectivity index (χ2v) is 5.36. The number of halogens is 2. The molecular formula is C18H13ClFN3. The van der Waals surface area contributed by atoms with Crippen molar-refractivity contribution in [2.75, 3.05) is 18.4 Å². The summed E-state index contributed by atoms with van der Waals surface area (Å²) in [7, 11) is 0. The third-order valence-corrected chi connectivity index (χ3v) is 3.63. The van der Waals surface area contributed by atoms with Gasteiger partial charge in [0, 0.05) is 21.8 Å². The van der Waals surface area contributed by atoms with E-state index in [2.05, 4.69) is 21.2 Å². The minimum Gasteiger partial charge on any atom is -0.342 e. The first-order valence-electron chi connectivity index (χ1n) is 7.02. The Bertz CT molecular complexity index is 850. The van der Waals surface area contributed by atoms with Gasteiger partial charge in [0.05, 0.1) is 12.3 Å². The molecule has 0 unspecified atom stereocenters. The number of benzene rings is 2. The SMILES string of the molecule is C#CCN=C1CN=C(c2ccccc2F)c2cc(Cl)ccc2N1. The summed E-state index contributed by atoms with van der Waals surface area (Å²) >= 11 is 6.11. The molecule has 0 aromatic heterocycles. The van der Waals surface area contributed by atoms with Crippen molar-refractivity contribution in [1.29, 1.82) is 0 Å². The number of fused-ring (bicyclic) bond motifs is 1. The van der Waals surface area contributed by atoms with E-state index < -0.39 is 0 Å². The first-order chi connectivity index (χ1) is 11.2. The van der Waals surface area contributed by atoms with Crippen LogP contribution in [0.5, 0.6) is 0 Å². The topological polar surface area (TPSA) is 36.8 Å². The highest BCUT2D eigenvalue weighted by atomic mass is 35.5. The lowest BCUT2D eigenvalue weighted by molar-refractivity contribution is 0.625. The van der Waals surface area contributed by atoms with E-state index in [1.54, 1.807) is 30.3 Å². The zero-order valence-corrected chi connectivity index (χ0v) is 12.9. The summed E-state index contributed by atoms with van der Waals surface area (Å²) < 4.78 is 14.2. The van der Waals surface area contributed by atoms with Crippen LogP contribution in [-0.4, -0.2) is 24.6 Å². The molecule has 5 heteroatoms. The van der Waals surface area contributed by atoms with Crippen LogP contribution >= 0.6 is 11.6 Å². The van der Waals surface area contributed by atoms with Gasteiger partial charge in [0.25, 0.3) is 0 Å². The van der Waals surface area contributed by atoms with Crippen LogP contribution in [0.2, 0.25) is 5.02 Å². The minimum atomic E-state index is -0.332. The Morgan fingerprint density at radius 3 is 2.87 bits per heavy atom. The van der Waals surface area contributed by atoms with Gasteiger partial charge >= 0.3 is 0 Å². The van der Waals surface area contributed by atoms with E-state index in [0.717, 1.165) is 11.3 Å². The Balaban J connectivity index is 2.16. The van der Waals surface area contributed by atoms with E-state index in [-0.39, 0.29) is 18.9 Å². The average Bonchev–Trinajstić information content (AvgIpc) is 2.72. The summed E-state index contributed by atoms with van der Waals surface area (Å²) in [6.45, 7) is 0.549. The summed E-state index contributed by atoms with van der Waals surface area (Å²) in [6.07, 6.45) is 5.25. The quantitative estimate of drug-likeness (QED) is 0.838. The zero-order valence-electron chi connectivity index (χ0n) is 12.2. The number of nitrogens with zero attached hydrogens (tertiary/aromatic N) is 2. The molecule has 0 atom stereocenters. The zero-order chi connectivity index (χ0) is 16.2. The maximum atomic E-state index is 14.2. The van der Waals surface area contributed by atoms with Crippen LogP contribution < -0.4 is 5.32 Å². The number of benzodiazepines with no additional fused rings is 1. The third kappa shape index (κ3) is 3.25. The summed E-state index contributed by atoms with van der Waals surface area (Å²) in [5.74, 6) is 2.77. The van der Waals surface area contributed by atoms with Gasteiger partial charge in [0.1, 0.15) is 18.2 Å².